The van der Waals surface area contributed by atoms with Crippen molar-refractivity contribution in [3.8, 4) is 5.75 Å². The predicted molar refractivity (Wildman–Crippen MR) is 77.4 cm³/mol. The molecule has 0 aliphatic carbocycles. The summed E-state index contributed by atoms with van der Waals surface area (Å²) in [4.78, 5) is 2.47. The van der Waals surface area contributed by atoms with Crippen molar-refractivity contribution in [3.63, 3.8) is 0 Å². The van der Waals surface area contributed by atoms with Gasteiger partial charge in [-0.25, -0.2) is 0 Å². The van der Waals surface area contributed by atoms with Crippen LogP contribution in [-0.2, 0) is 13.1 Å². The van der Waals surface area contributed by atoms with E-state index in [2.05, 4.69) is 34.0 Å². The molecule has 1 saturated heterocycles. The first-order valence-corrected chi connectivity index (χ1v) is 7.02. The first-order chi connectivity index (χ1) is 9.29. The SMILES string of the molecule is CCn1cc(CN2CCNCC2)c2cccc(O)c21. The lowest BCUT2D eigenvalue weighted by molar-refractivity contribution is 0.234. The monoisotopic (exact) mass is 259 g/mol. The Balaban J connectivity index is 1.96. The van der Waals surface area contributed by atoms with Gasteiger partial charge in [0.05, 0.1) is 5.52 Å². The van der Waals surface area contributed by atoms with Crippen LogP contribution in [0.25, 0.3) is 10.9 Å². The average Bonchev–Trinajstić information content (AvgIpc) is 2.80. The molecule has 0 bridgehead atoms. The molecule has 0 unspecified atom stereocenters. The van der Waals surface area contributed by atoms with Gasteiger partial charge in [0.25, 0.3) is 0 Å². The minimum absolute atomic E-state index is 0.380. The van der Waals surface area contributed by atoms with Gasteiger partial charge in [-0.2, -0.15) is 0 Å². The van der Waals surface area contributed by atoms with Gasteiger partial charge >= 0.3 is 0 Å². The highest BCUT2D eigenvalue weighted by Crippen LogP contribution is 2.29. The normalized spacial score (nSPS) is 17.1. The molecule has 0 spiro atoms. The molecule has 2 aromatic rings. The van der Waals surface area contributed by atoms with Gasteiger partial charge in [-0.3, -0.25) is 4.90 Å². The molecule has 1 aromatic heterocycles. The number of rotatable bonds is 3. The van der Waals surface area contributed by atoms with Crippen molar-refractivity contribution in [2.45, 2.75) is 20.0 Å². The Bertz CT molecular complexity index is 570. The Hall–Kier alpha value is -1.52. The van der Waals surface area contributed by atoms with E-state index >= 15 is 0 Å². The van der Waals surface area contributed by atoms with E-state index in [9.17, 15) is 5.11 Å². The van der Waals surface area contributed by atoms with Crippen molar-refractivity contribution < 1.29 is 5.11 Å². The molecule has 1 aromatic carbocycles. The molecule has 0 saturated carbocycles. The fourth-order valence-corrected chi connectivity index (χ4v) is 2.90. The van der Waals surface area contributed by atoms with E-state index in [1.54, 1.807) is 6.07 Å². The van der Waals surface area contributed by atoms with Crippen LogP contribution in [0.5, 0.6) is 5.75 Å². The van der Waals surface area contributed by atoms with Gasteiger partial charge in [-0.15, -0.1) is 0 Å². The highest BCUT2D eigenvalue weighted by molar-refractivity contribution is 5.88. The zero-order chi connectivity index (χ0) is 13.2. The fourth-order valence-electron chi connectivity index (χ4n) is 2.90. The summed E-state index contributed by atoms with van der Waals surface area (Å²) in [5.41, 5.74) is 2.28. The number of nitrogens with one attached hydrogen (secondary N) is 1. The van der Waals surface area contributed by atoms with E-state index in [0.29, 0.717) is 5.75 Å². The van der Waals surface area contributed by atoms with Crippen LogP contribution in [0, 0.1) is 0 Å². The second kappa shape index (κ2) is 5.23. The van der Waals surface area contributed by atoms with Crippen molar-refractivity contribution >= 4 is 10.9 Å². The Labute approximate surface area is 113 Å². The Kier molecular flexibility index (Phi) is 3.44. The van der Waals surface area contributed by atoms with E-state index in [1.807, 2.05) is 6.07 Å². The zero-order valence-corrected chi connectivity index (χ0v) is 11.4. The number of para-hydroxylation sites is 1. The second-order valence-corrected chi connectivity index (χ2v) is 5.14. The number of nitrogens with zero attached hydrogens (tertiary/aromatic N) is 2. The number of hydrogen-bond donors (Lipinski definition) is 2. The fraction of sp³-hybridized carbons (Fsp3) is 0.467. The summed E-state index contributed by atoms with van der Waals surface area (Å²) in [6, 6.07) is 5.81. The predicted octanol–water partition coefficient (Wildman–Crippen LogP) is 1.77. The van der Waals surface area contributed by atoms with E-state index in [4.69, 9.17) is 0 Å². The van der Waals surface area contributed by atoms with Gasteiger partial charge < -0.3 is 15.0 Å². The van der Waals surface area contributed by atoms with Crippen LogP contribution in [0.1, 0.15) is 12.5 Å². The average molecular weight is 259 g/mol. The smallest absolute Gasteiger partial charge is 0.139 e. The maximum atomic E-state index is 10.1. The van der Waals surface area contributed by atoms with Crippen LogP contribution in [0.15, 0.2) is 24.4 Å². The molecule has 1 aliphatic rings. The molecule has 4 heteroatoms. The molecule has 0 atom stereocenters. The first kappa shape index (κ1) is 12.5. The molecule has 2 N–H and O–H groups in total. The number of phenols is 1. The van der Waals surface area contributed by atoms with Crippen LogP contribution < -0.4 is 5.32 Å². The molecular weight excluding hydrogens is 238 g/mol. The van der Waals surface area contributed by atoms with E-state index in [0.717, 1.165) is 44.8 Å². The minimum Gasteiger partial charge on any atom is -0.506 e. The summed E-state index contributed by atoms with van der Waals surface area (Å²) in [5.74, 6) is 0.380. The number of aromatic hydroxyl groups is 1. The topological polar surface area (TPSA) is 40.4 Å². The van der Waals surface area contributed by atoms with Crippen molar-refractivity contribution in [1.82, 2.24) is 14.8 Å². The van der Waals surface area contributed by atoms with Gasteiger partial charge in [0.1, 0.15) is 5.75 Å². The molecular formula is C15H21N3O. The summed E-state index contributed by atoms with van der Waals surface area (Å²) >= 11 is 0. The van der Waals surface area contributed by atoms with Crippen LogP contribution in [0.2, 0.25) is 0 Å². The molecule has 2 heterocycles. The number of hydrogen-bond acceptors (Lipinski definition) is 3. The van der Waals surface area contributed by atoms with E-state index in [-0.39, 0.29) is 0 Å². The van der Waals surface area contributed by atoms with Gasteiger partial charge in [0.15, 0.2) is 0 Å². The number of piperazine rings is 1. The third kappa shape index (κ3) is 2.33. The quantitative estimate of drug-likeness (QED) is 0.882. The Morgan fingerprint density at radius 1 is 1.26 bits per heavy atom. The Morgan fingerprint density at radius 2 is 2.05 bits per heavy atom. The van der Waals surface area contributed by atoms with E-state index in [1.165, 1.54) is 10.9 Å². The third-order valence-corrected chi connectivity index (χ3v) is 3.90. The van der Waals surface area contributed by atoms with Gasteiger partial charge in [0, 0.05) is 50.9 Å². The molecule has 102 valence electrons. The lowest BCUT2D eigenvalue weighted by atomic mass is 10.1. The lowest BCUT2D eigenvalue weighted by Gasteiger charge is -2.26. The standard InChI is InChI=1S/C15H21N3O/c1-2-18-11-12(10-17-8-6-16-7-9-17)13-4-3-5-14(19)15(13)18/h3-5,11,16,19H,2,6-10H2,1H3. The lowest BCUT2D eigenvalue weighted by Crippen LogP contribution is -2.42. The van der Waals surface area contributed by atoms with Crippen LogP contribution >= 0.6 is 0 Å². The largest absolute Gasteiger partial charge is 0.506 e. The summed E-state index contributed by atoms with van der Waals surface area (Å²) in [7, 11) is 0. The molecule has 19 heavy (non-hydrogen) atoms. The molecule has 4 nitrogen and oxygen atoms in total. The zero-order valence-electron chi connectivity index (χ0n) is 11.4. The number of fused-ring (bicyclic) bond motifs is 1. The van der Waals surface area contributed by atoms with Crippen molar-refractivity contribution in [2.75, 3.05) is 26.2 Å². The molecule has 3 rings (SSSR count). The second-order valence-electron chi connectivity index (χ2n) is 5.14. The maximum absolute atomic E-state index is 10.1. The number of aryl methyl sites for hydroxylation is 1. The highest BCUT2D eigenvalue weighted by Gasteiger charge is 2.15. The summed E-state index contributed by atoms with van der Waals surface area (Å²) < 4.78 is 2.14. The maximum Gasteiger partial charge on any atom is 0.139 e. The first-order valence-electron chi connectivity index (χ1n) is 7.02. The van der Waals surface area contributed by atoms with E-state index < -0.39 is 0 Å². The number of aromatic nitrogens is 1. The molecule has 0 amide bonds. The number of phenolic OH excluding ortho intramolecular Hbond substituents is 1. The van der Waals surface area contributed by atoms with Crippen molar-refractivity contribution in [3.05, 3.63) is 30.0 Å². The summed E-state index contributed by atoms with van der Waals surface area (Å²) in [6.45, 7) is 8.29. The van der Waals surface area contributed by atoms with Crippen LogP contribution in [0.3, 0.4) is 0 Å². The Morgan fingerprint density at radius 3 is 2.79 bits per heavy atom. The molecule has 0 radical (unpaired) electrons. The summed E-state index contributed by atoms with van der Waals surface area (Å²) in [6.07, 6.45) is 2.19. The van der Waals surface area contributed by atoms with Gasteiger partial charge in [0.2, 0.25) is 0 Å². The third-order valence-electron chi connectivity index (χ3n) is 3.90. The minimum atomic E-state index is 0.380. The van der Waals surface area contributed by atoms with Crippen LogP contribution in [-0.4, -0.2) is 40.8 Å². The molecule has 1 aliphatic heterocycles. The number of benzene rings is 1. The highest BCUT2D eigenvalue weighted by atomic mass is 16.3. The summed E-state index contributed by atoms with van der Waals surface area (Å²) in [5, 5.41) is 14.6. The van der Waals surface area contributed by atoms with Gasteiger partial charge in [-0.1, -0.05) is 12.1 Å². The molecule has 1 fully saturated rings. The van der Waals surface area contributed by atoms with Crippen molar-refractivity contribution in [1.29, 1.82) is 0 Å². The van der Waals surface area contributed by atoms with Crippen molar-refractivity contribution in [2.24, 2.45) is 0 Å². The van der Waals surface area contributed by atoms with Crippen LogP contribution in [0.4, 0.5) is 0 Å². The van der Waals surface area contributed by atoms with Gasteiger partial charge in [-0.05, 0) is 18.6 Å².